The Morgan fingerprint density at radius 3 is 2.18 bits per heavy atom. The third-order valence-corrected chi connectivity index (χ3v) is 6.46. The Morgan fingerprint density at radius 2 is 1.64 bits per heavy atom. The van der Waals surface area contributed by atoms with E-state index in [0.717, 1.165) is 55.5 Å². The van der Waals surface area contributed by atoms with Crippen molar-refractivity contribution >= 4 is 5.91 Å². The molecule has 0 saturated carbocycles. The van der Waals surface area contributed by atoms with Crippen LogP contribution in [-0.4, -0.2) is 76.0 Å². The molecule has 3 N–H and O–H groups in total. The van der Waals surface area contributed by atoms with Crippen LogP contribution in [0.25, 0.3) is 0 Å². The molecule has 156 valence electrons. The lowest BCUT2D eigenvalue weighted by Crippen LogP contribution is -2.51. The molecule has 1 aromatic rings. The summed E-state index contributed by atoms with van der Waals surface area (Å²) in [5.74, 6) is 0.524. The Morgan fingerprint density at radius 1 is 1.07 bits per heavy atom. The van der Waals surface area contributed by atoms with Crippen molar-refractivity contribution in [2.75, 3.05) is 32.8 Å². The van der Waals surface area contributed by atoms with Crippen LogP contribution in [0, 0.1) is 19.8 Å². The van der Waals surface area contributed by atoms with Crippen molar-refractivity contribution in [3.8, 4) is 5.75 Å². The largest absolute Gasteiger partial charge is 0.507 e. The lowest BCUT2D eigenvalue weighted by atomic mass is 9.94. The third-order valence-electron chi connectivity index (χ3n) is 6.46. The van der Waals surface area contributed by atoms with Gasteiger partial charge in [0.15, 0.2) is 0 Å². The molecular weight excluding hydrogens is 356 g/mol. The molecule has 2 aliphatic rings. The highest BCUT2D eigenvalue weighted by Crippen LogP contribution is 2.25. The van der Waals surface area contributed by atoms with Crippen molar-refractivity contribution in [1.29, 1.82) is 0 Å². The smallest absolute Gasteiger partial charge is 0.251 e. The van der Waals surface area contributed by atoms with Crippen LogP contribution < -0.4 is 0 Å². The van der Waals surface area contributed by atoms with Gasteiger partial charge in [-0.1, -0.05) is 12.1 Å². The number of piperidine rings is 2. The van der Waals surface area contributed by atoms with Crippen LogP contribution in [0.3, 0.4) is 0 Å². The number of phenols is 1. The van der Waals surface area contributed by atoms with E-state index in [4.69, 9.17) is 0 Å². The molecule has 28 heavy (non-hydrogen) atoms. The van der Waals surface area contributed by atoms with Gasteiger partial charge in [-0.15, -0.1) is 0 Å². The highest BCUT2D eigenvalue weighted by Gasteiger charge is 2.31. The molecule has 2 aliphatic heterocycles. The SMILES string of the molecule is Cc1cc(C[C@@H](O)C(=O)N2CCC(N3CCC(CO)CC3)CC2)cc(C)c1O. The number of carbonyl (C=O) groups excluding carboxylic acids is 1. The molecule has 0 aromatic heterocycles. The van der Waals surface area contributed by atoms with Crippen LogP contribution in [0.1, 0.15) is 42.4 Å². The molecule has 3 rings (SSSR count). The topological polar surface area (TPSA) is 84.2 Å². The zero-order valence-corrected chi connectivity index (χ0v) is 17.1. The third kappa shape index (κ3) is 4.85. The number of hydrogen-bond acceptors (Lipinski definition) is 5. The number of hydrogen-bond donors (Lipinski definition) is 3. The molecule has 0 spiro atoms. The van der Waals surface area contributed by atoms with Gasteiger partial charge in [0.1, 0.15) is 11.9 Å². The van der Waals surface area contributed by atoms with Gasteiger partial charge < -0.3 is 25.1 Å². The summed E-state index contributed by atoms with van der Waals surface area (Å²) in [6.45, 7) is 7.39. The fraction of sp³-hybridized carbons (Fsp3) is 0.682. The van der Waals surface area contributed by atoms with Gasteiger partial charge in [-0.25, -0.2) is 0 Å². The second-order valence-corrected chi connectivity index (χ2v) is 8.52. The summed E-state index contributed by atoms with van der Waals surface area (Å²) in [4.78, 5) is 17.0. The number of aliphatic hydroxyl groups excluding tert-OH is 2. The van der Waals surface area contributed by atoms with Crippen molar-refractivity contribution in [2.45, 2.75) is 58.1 Å². The molecule has 0 radical (unpaired) electrons. The van der Waals surface area contributed by atoms with Crippen molar-refractivity contribution < 1.29 is 20.1 Å². The maximum atomic E-state index is 12.7. The Bertz CT molecular complexity index is 654. The van der Waals surface area contributed by atoms with E-state index in [-0.39, 0.29) is 18.1 Å². The standard InChI is InChI=1S/C22H34N2O4/c1-15-11-18(12-16(2)21(15)27)13-20(26)22(28)24-9-5-19(6-10-24)23-7-3-17(14-25)4-8-23/h11-12,17,19-20,25-27H,3-10,13-14H2,1-2H3/t20-/m1/s1. The summed E-state index contributed by atoms with van der Waals surface area (Å²) < 4.78 is 0. The lowest BCUT2D eigenvalue weighted by Gasteiger charge is -2.42. The number of rotatable bonds is 5. The van der Waals surface area contributed by atoms with Gasteiger partial charge in [-0.3, -0.25) is 4.79 Å². The van der Waals surface area contributed by atoms with E-state index in [0.29, 0.717) is 31.7 Å². The van der Waals surface area contributed by atoms with E-state index < -0.39 is 6.10 Å². The lowest BCUT2D eigenvalue weighted by molar-refractivity contribution is -0.141. The van der Waals surface area contributed by atoms with Gasteiger partial charge in [0.2, 0.25) is 0 Å². The monoisotopic (exact) mass is 390 g/mol. The zero-order valence-electron chi connectivity index (χ0n) is 17.1. The summed E-state index contributed by atoms with van der Waals surface area (Å²) in [6.07, 6.45) is 3.23. The molecule has 1 atom stereocenters. The highest BCUT2D eigenvalue weighted by molar-refractivity contribution is 5.81. The van der Waals surface area contributed by atoms with Crippen molar-refractivity contribution in [3.63, 3.8) is 0 Å². The Hall–Kier alpha value is -1.63. The molecule has 2 heterocycles. The first-order valence-corrected chi connectivity index (χ1v) is 10.5. The van der Waals surface area contributed by atoms with Crippen LogP contribution >= 0.6 is 0 Å². The van der Waals surface area contributed by atoms with Gasteiger partial charge >= 0.3 is 0 Å². The van der Waals surface area contributed by atoms with Crippen molar-refractivity contribution in [2.24, 2.45) is 5.92 Å². The van der Waals surface area contributed by atoms with E-state index in [9.17, 15) is 20.1 Å². The minimum atomic E-state index is -1.04. The molecule has 1 aromatic carbocycles. The van der Waals surface area contributed by atoms with E-state index in [1.807, 2.05) is 26.0 Å². The predicted octanol–water partition coefficient (Wildman–Crippen LogP) is 1.61. The molecule has 0 bridgehead atoms. The predicted molar refractivity (Wildman–Crippen MR) is 108 cm³/mol. The second-order valence-electron chi connectivity index (χ2n) is 8.52. The van der Waals surface area contributed by atoms with Gasteiger partial charge in [0, 0.05) is 32.2 Å². The van der Waals surface area contributed by atoms with E-state index >= 15 is 0 Å². The first-order valence-electron chi connectivity index (χ1n) is 10.5. The van der Waals surface area contributed by atoms with Gasteiger partial charge in [-0.2, -0.15) is 0 Å². The number of nitrogens with zero attached hydrogens (tertiary/aromatic N) is 2. The number of aliphatic hydroxyl groups is 2. The van der Waals surface area contributed by atoms with Crippen molar-refractivity contribution in [1.82, 2.24) is 9.80 Å². The van der Waals surface area contributed by atoms with Crippen LogP contribution in [0.4, 0.5) is 0 Å². The molecule has 0 unspecified atom stereocenters. The zero-order chi connectivity index (χ0) is 20.3. The maximum Gasteiger partial charge on any atom is 0.251 e. The first kappa shape index (κ1) is 21.1. The Kier molecular flexibility index (Phi) is 6.96. The highest BCUT2D eigenvalue weighted by atomic mass is 16.3. The van der Waals surface area contributed by atoms with Crippen LogP contribution in [-0.2, 0) is 11.2 Å². The van der Waals surface area contributed by atoms with Gasteiger partial charge in [0.05, 0.1) is 0 Å². The fourth-order valence-corrected chi connectivity index (χ4v) is 4.64. The molecule has 2 fully saturated rings. The Labute approximate surface area is 167 Å². The van der Waals surface area contributed by atoms with E-state index in [2.05, 4.69) is 4.90 Å². The normalized spacial score (nSPS) is 21.1. The van der Waals surface area contributed by atoms with Gasteiger partial charge in [0.25, 0.3) is 5.91 Å². The molecule has 1 amide bonds. The van der Waals surface area contributed by atoms with E-state index in [1.54, 1.807) is 4.90 Å². The summed E-state index contributed by atoms with van der Waals surface area (Å²) >= 11 is 0. The number of aromatic hydroxyl groups is 1. The first-order chi connectivity index (χ1) is 13.4. The minimum absolute atomic E-state index is 0.194. The average molecular weight is 391 g/mol. The van der Waals surface area contributed by atoms with E-state index in [1.165, 1.54) is 0 Å². The summed E-state index contributed by atoms with van der Waals surface area (Å²) in [5, 5.41) is 29.6. The number of amides is 1. The van der Waals surface area contributed by atoms with Gasteiger partial charge in [-0.05, 0) is 75.2 Å². The quantitative estimate of drug-likeness (QED) is 0.711. The van der Waals surface area contributed by atoms with Crippen molar-refractivity contribution in [3.05, 3.63) is 28.8 Å². The second kappa shape index (κ2) is 9.25. The average Bonchev–Trinajstić information content (AvgIpc) is 2.71. The minimum Gasteiger partial charge on any atom is -0.507 e. The number of likely N-dealkylation sites (tertiary alicyclic amines) is 2. The number of carbonyl (C=O) groups is 1. The number of phenolic OH excluding ortho intramolecular Hbond substituents is 1. The summed E-state index contributed by atoms with van der Waals surface area (Å²) in [7, 11) is 0. The Balaban J connectivity index is 1.49. The molecule has 6 nitrogen and oxygen atoms in total. The number of aryl methyl sites for hydroxylation is 2. The summed E-state index contributed by atoms with van der Waals surface area (Å²) in [6, 6.07) is 4.17. The fourth-order valence-electron chi connectivity index (χ4n) is 4.64. The molecule has 0 aliphatic carbocycles. The maximum absolute atomic E-state index is 12.7. The van der Waals surface area contributed by atoms with Crippen LogP contribution in [0.5, 0.6) is 5.75 Å². The summed E-state index contributed by atoms with van der Waals surface area (Å²) in [5.41, 5.74) is 2.40. The molecule has 6 heteroatoms. The molecule has 2 saturated heterocycles. The number of benzene rings is 1. The van der Waals surface area contributed by atoms with Crippen LogP contribution in [0.15, 0.2) is 12.1 Å². The van der Waals surface area contributed by atoms with Crippen LogP contribution in [0.2, 0.25) is 0 Å². The molecular formula is C22H34N2O4.